The number of aromatic nitrogens is 3. The van der Waals surface area contributed by atoms with E-state index in [2.05, 4.69) is 39.8 Å². The lowest BCUT2D eigenvalue weighted by molar-refractivity contribution is 0.0835. The van der Waals surface area contributed by atoms with Gasteiger partial charge in [-0.2, -0.15) is 5.10 Å². The van der Waals surface area contributed by atoms with Gasteiger partial charge in [0.2, 0.25) is 0 Å². The van der Waals surface area contributed by atoms with Crippen LogP contribution in [0.15, 0.2) is 22.8 Å². The van der Waals surface area contributed by atoms with Crippen molar-refractivity contribution in [1.82, 2.24) is 14.3 Å². The number of hydrogen-bond acceptors (Lipinski definition) is 2. The van der Waals surface area contributed by atoms with Crippen molar-refractivity contribution in [3.63, 3.8) is 0 Å². The van der Waals surface area contributed by atoms with Gasteiger partial charge in [0.25, 0.3) is 0 Å². The number of rotatable bonds is 7. The topological polar surface area (TPSA) is 32.0 Å². The normalized spacial score (nSPS) is 12.8. The Kier molecular flexibility index (Phi) is 6.37. The Labute approximate surface area is 178 Å². The van der Waals surface area contributed by atoms with Crippen LogP contribution in [0.3, 0.4) is 0 Å². The molecular formula is C19H23B2BrFN3OS. The van der Waals surface area contributed by atoms with Gasteiger partial charge < -0.3 is 9.30 Å². The fourth-order valence-electron chi connectivity index (χ4n) is 3.07. The molecule has 0 amide bonds. The van der Waals surface area contributed by atoms with E-state index in [-0.39, 0.29) is 12.5 Å². The van der Waals surface area contributed by atoms with Gasteiger partial charge in [0.05, 0.1) is 16.6 Å². The van der Waals surface area contributed by atoms with Crippen LogP contribution in [0.25, 0.3) is 22.0 Å². The van der Waals surface area contributed by atoms with Gasteiger partial charge in [-0.3, -0.25) is 4.68 Å². The molecule has 0 aliphatic carbocycles. The van der Waals surface area contributed by atoms with Crippen LogP contribution < -0.4 is 11.2 Å². The molecule has 2 heterocycles. The second kappa shape index (κ2) is 8.28. The summed E-state index contributed by atoms with van der Waals surface area (Å²) in [4.78, 5) is 0. The van der Waals surface area contributed by atoms with Crippen molar-refractivity contribution in [2.75, 3.05) is 31.1 Å². The van der Waals surface area contributed by atoms with Crippen LogP contribution in [0.1, 0.15) is 6.92 Å². The summed E-state index contributed by atoms with van der Waals surface area (Å²) in [6.45, 7) is 3.60. The summed E-state index contributed by atoms with van der Waals surface area (Å²) in [6, 6.07) is 3.27. The maximum atomic E-state index is 14.1. The molecule has 3 aromatic rings. The molecule has 9 heteroatoms. The molecule has 0 fully saturated rings. The molecule has 0 N–H and O–H groups in total. The first-order valence-corrected chi connectivity index (χ1v) is 12.8. The van der Waals surface area contributed by atoms with E-state index in [0.717, 1.165) is 22.2 Å². The smallest absolute Gasteiger partial charge is 0.145 e. The lowest BCUT2D eigenvalue weighted by Crippen LogP contribution is -2.22. The summed E-state index contributed by atoms with van der Waals surface area (Å²) in [7, 11) is 11.9. The van der Waals surface area contributed by atoms with Gasteiger partial charge in [-0.15, -0.1) is 0 Å². The van der Waals surface area contributed by atoms with E-state index < -0.39 is 10.0 Å². The van der Waals surface area contributed by atoms with Gasteiger partial charge in [0, 0.05) is 40.6 Å². The molecule has 4 radical (unpaired) electrons. The van der Waals surface area contributed by atoms with Crippen molar-refractivity contribution in [3.05, 3.63) is 28.6 Å². The lowest BCUT2D eigenvalue weighted by Gasteiger charge is -2.24. The van der Waals surface area contributed by atoms with Crippen molar-refractivity contribution in [1.29, 1.82) is 0 Å². The molecule has 0 aliphatic heterocycles. The zero-order valence-corrected chi connectivity index (χ0v) is 19.0. The summed E-state index contributed by atoms with van der Waals surface area (Å²) in [5.41, 5.74) is 3.04. The number of aryl methyl sites for hydroxylation is 1. The van der Waals surface area contributed by atoms with Gasteiger partial charge >= 0.3 is 0 Å². The van der Waals surface area contributed by atoms with E-state index in [9.17, 15) is 4.39 Å². The van der Waals surface area contributed by atoms with Crippen molar-refractivity contribution < 1.29 is 9.13 Å². The highest BCUT2D eigenvalue weighted by atomic mass is 79.9. The summed E-state index contributed by atoms with van der Waals surface area (Å²) in [6.07, 6.45) is 8.69. The average molecular weight is 462 g/mol. The quantitative estimate of drug-likeness (QED) is 0.400. The first-order valence-electron chi connectivity index (χ1n) is 8.96. The van der Waals surface area contributed by atoms with Gasteiger partial charge in [-0.05, 0) is 59.3 Å². The predicted octanol–water partition coefficient (Wildman–Crippen LogP) is 2.68. The average Bonchev–Trinajstić information content (AvgIpc) is 3.08. The van der Waals surface area contributed by atoms with E-state index in [4.69, 9.17) is 20.4 Å². The Morgan fingerprint density at radius 3 is 2.61 bits per heavy atom. The molecule has 0 unspecified atom stereocenters. The number of nitrogens with zero attached hydrogens (tertiary/aromatic N) is 3. The molecule has 0 saturated heterocycles. The SMILES string of the molecule is [B]c1nn(COCCS(C)(C)C)c([B])c1-c1cn(CC)c2cc(F)c(Br)cc12. The van der Waals surface area contributed by atoms with Gasteiger partial charge in [-0.25, -0.2) is 14.4 Å². The maximum absolute atomic E-state index is 14.1. The highest BCUT2D eigenvalue weighted by Gasteiger charge is 2.19. The molecule has 0 bridgehead atoms. The minimum Gasteiger partial charge on any atom is -0.358 e. The molecule has 0 aliphatic rings. The van der Waals surface area contributed by atoms with Crippen LogP contribution in [0.2, 0.25) is 0 Å². The predicted molar refractivity (Wildman–Crippen MR) is 123 cm³/mol. The molecule has 0 saturated carbocycles. The summed E-state index contributed by atoms with van der Waals surface area (Å²) < 4.78 is 23.8. The van der Waals surface area contributed by atoms with Gasteiger partial charge in [0.15, 0.2) is 0 Å². The third kappa shape index (κ3) is 4.36. The van der Waals surface area contributed by atoms with E-state index >= 15 is 0 Å². The number of fused-ring (bicyclic) bond motifs is 1. The highest BCUT2D eigenvalue weighted by molar-refractivity contribution is 9.10. The Bertz CT molecular complexity index is 1010. The van der Waals surface area contributed by atoms with Crippen molar-refractivity contribution in [2.45, 2.75) is 20.2 Å². The van der Waals surface area contributed by atoms with Crippen LogP contribution in [0.4, 0.5) is 4.39 Å². The monoisotopic (exact) mass is 461 g/mol. The molecule has 2 aromatic heterocycles. The zero-order valence-electron chi connectivity index (χ0n) is 16.6. The first kappa shape index (κ1) is 21.5. The molecule has 146 valence electrons. The van der Waals surface area contributed by atoms with Gasteiger partial charge in [0.1, 0.15) is 28.2 Å². The van der Waals surface area contributed by atoms with Crippen LogP contribution in [0.5, 0.6) is 0 Å². The summed E-state index contributed by atoms with van der Waals surface area (Å²) in [5.74, 6) is 0.706. The van der Waals surface area contributed by atoms with Crippen molar-refractivity contribution >= 4 is 63.7 Å². The van der Waals surface area contributed by atoms with E-state index in [0.29, 0.717) is 34.4 Å². The fourth-order valence-corrected chi connectivity index (χ4v) is 4.04. The molecule has 28 heavy (non-hydrogen) atoms. The third-order valence-electron chi connectivity index (χ3n) is 4.61. The van der Waals surface area contributed by atoms with Crippen LogP contribution in [-0.4, -0.2) is 61.2 Å². The molecular weight excluding hydrogens is 439 g/mol. The third-order valence-corrected chi connectivity index (χ3v) is 6.60. The number of hydrogen-bond donors (Lipinski definition) is 0. The van der Waals surface area contributed by atoms with E-state index in [1.165, 1.54) is 6.07 Å². The largest absolute Gasteiger partial charge is 0.358 e. The number of ether oxygens (including phenoxy) is 1. The number of benzene rings is 1. The minimum absolute atomic E-state index is 0.246. The van der Waals surface area contributed by atoms with Crippen LogP contribution in [0, 0.1) is 5.82 Å². The molecule has 0 spiro atoms. The minimum atomic E-state index is -0.615. The van der Waals surface area contributed by atoms with Crippen molar-refractivity contribution in [3.8, 4) is 11.1 Å². The zero-order chi connectivity index (χ0) is 20.6. The van der Waals surface area contributed by atoms with E-state index in [1.807, 2.05) is 17.7 Å². The summed E-state index contributed by atoms with van der Waals surface area (Å²) in [5, 5.41) is 5.22. The Hall–Kier alpha value is -1.18. The fraction of sp³-hybridized carbons (Fsp3) is 0.421. The lowest BCUT2D eigenvalue weighted by atomic mass is 9.87. The maximum Gasteiger partial charge on any atom is 0.145 e. The first-order chi connectivity index (χ1) is 13.1. The van der Waals surface area contributed by atoms with Crippen molar-refractivity contribution in [2.24, 2.45) is 0 Å². The Balaban J connectivity index is 1.96. The molecule has 1 aromatic carbocycles. The summed E-state index contributed by atoms with van der Waals surface area (Å²) >= 11 is 3.27. The molecule has 3 rings (SSSR count). The second-order valence-electron chi connectivity index (χ2n) is 7.59. The van der Waals surface area contributed by atoms with Crippen LogP contribution in [-0.2, 0) is 18.0 Å². The Morgan fingerprint density at radius 2 is 1.96 bits per heavy atom. The molecule has 4 nitrogen and oxygen atoms in total. The molecule has 0 atom stereocenters. The highest BCUT2D eigenvalue weighted by Crippen LogP contribution is 2.34. The second-order valence-corrected chi connectivity index (χ2v) is 13.0. The Morgan fingerprint density at radius 1 is 1.25 bits per heavy atom. The van der Waals surface area contributed by atoms with Crippen LogP contribution >= 0.6 is 26.0 Å². The van der Waals surface area contributed by atoms with E-state index in [1.54, 1.807) is 10.7 Å². The number of halogens is 2. The van der Waals surface area contributed by atoms with Gasteiger partial charge in [-0.1, -0.05) is 0 Å². The standard InChI is InChI=1S/C19H23B2BrFN3OS/c1-5-25-10-13(12-8-14(22)15(23)9-16(12)25)17-18(20)24-26(19(17)21)11-27-6-7-28(2,3)4/h8-10H,5-7,11H2,1-4H3.